The molecule has 0 saturated carbocycles. The first-order valence-corrected chi connectivity index (χ1v) is 12.5. The molecule has 0 aliphatic carbocycles. The number of rotatable bonds is 6. The molecule has 4 nitrogen and oxygen atoms in total. The number of para-hydroxylation sites is 1. The summed E-state index contributed by atoms with van der Waals surface area (Å²) in [6, 6.07) is 24.2. The van der Waals surface area contributed by atoms with Crippen molar-refractivity contribution in [3.05, 3.63) is 89.5 Å². The Morgan fingerprint density at radius 1 is 0.794 bits per heavy atom. The van der Waals surface area contributed by atoms with Crippen LogP contribution in [0.4, 0.5) is 15.5 Å². The van der Waals surface area contributed by atoms with Crippen molar-refractivity contribution >= 4 is 28.1 Å². The average Bonchev–Trinajstić information content (AvgIpc) is 3.23. The maximum Gasteiger partial charge on any atom is 0.324 e. The fraction of sp³-hybridized carbons (Fsp3) is 0.241. The highest BCUT2D eigenvalue weighted by atomic mass is 32.1. The lowest BCUT2D eigenvalue weighted by atomic mass is 9.93. The van der Waals surface area contributed by atoms with E-state index in [-0.39, 0.29) is 6.03 Å². The number of aromatic nitrogens is 1. The third-order valence-corrected chi connectivity index (χ3v) is 6.91. The first-order valence-electron chi connectivity index (χ1n) is 11.7. The number of amides is 2. The second-order valence-corrected chi connectivity index (χ2v) is 10.1. The van der Waals surface area contributed by atoms with Crippen molar-refractivity contribution in [2.24, 2.45) is 0 Å². The number of benzene rings is 3. The molecular formula is C29H31N3OS. The smallest absolute Gasteiger partial charge is 0.307 e. The van der Waals surface area contributed by atoms with E-state index in [0.717, 1.165) is 49.2 Å². The Labute approximate surface area is 206 Å². The second kappa shape index (κ2) is 10.2. The minimum atomic E-state index is -0.256. The first kappa shape index (κ1) is 23.7. The third kappa shape index (κ3) is 5.05. The molecule has 0 radical (unpaired) electrons. The number of nitrogens with one attached hydrogen (secondary N) is 2. The van der Waals surface area contributed by atoms with Crippen LogP contribution in [0, 0.1) is 6.92 Å². The Kier molecular flexibility index (Phi) is 7.13. The Morgan fingerprint density at radius 3 is 2.03 bits per heavy atom. The number of thiazole rings is 1. The molecule has 174 valence electrons. The first-order chi connectivity index (χ1) is 16.3. The molecule has 0 saturated heterocycles. The van der Waals surface area contributed by atoms with Gasteiger partial charge in [0.1, 0.15) is 15.7 Å². The van der Waals surface area contributed by atoms with Gasteiger partial charge in [-0.3, -0.25) is 5.32 Å². The highest BCUT2D eigenvalue weighted by Crippen LogP contribution is 2.39. The van der Waals surface area contributed by atoms with Crippen molar-refractivity contribution in [1.82, 2.24) is 4.98 Å². The number of urea groups is 1. The van der Waals surface area contributed by atoms with Gasteiger partial charge in [0, 0.05) is 16.8 Å². The number of nitrogens with zero attached hydrogens (tertiary/aromatic N) is 1. The van der Waals surface area contributed by atoms with Gasteiger partial charge in [0.2, 0.25) is 0 Å². The number of hydrogen-bond donors (Lipinski definition) is 2. The third-order valence-electron chi connectivity index (χ3n) is 5.89. The van der Waals surface area contributed by atoms with Crippen LogP contribution in [0.1, 0.15) is 56.2 Å². The number of carbonyl (C=O) groups excluding carboxylic acids is 1. The Hall–Kier alpha value is -3.44. The fourth-order valence-electron chi connectivity index (χ4n) is 4.07. The van der Waals surface area contributed by atoms with Crippen LogP contribution in [0.15, 0.2) is 72.8 Å². The Balaban J connectivity index is 1.71. The highest BCUT2D eigenvalue weighted by molar-refractivity contribution is 7.19. The van der Waals surface area contributed by atoms with Crippen LogP contribution in [0.3, 0.4) is 0 Å². The van der Waals surface area contributed by atoms with E-state index in [1.165, 1.54) is 11.3 Å². The standard InChI is InChI=1S/C29H31N3OS/c1-18(2)22-16-11-17-23(19(3)4)25(22)31-29(33)32-28-26(24-15-10-9-12-20(24)5)30-27(34-28)21-13-7-6-8-14-21/h6-19H,1-5H3,(H2,31,32,33). The van der Waals surface area contributed by atoms with E-state index >= 15 is 0 Å². The monoisotopic (exact) mass is 469 g/mol. The predicted molar refractivity (Wildman–Crippen MR) is 145 cm³/mol. The minimum Gasteiger partial charge on any atom is -0.307 e. The van der Waals surface area contributed by atoms with Crippen molar-refractivity contribution in [2.45, 2.75) is 46.5 Å². The molecule has 1 heterocycles. The summed E-state index contributed by atoms with van der Waals surface area (Å²) in [5, 5.41) is 7.88. The summed E-state index contributed by atoms with van der Waals surface area (Å²) in [6.45, 7) is 10.7. The largest absolute Gasteiger partial charge is 0.324 e. The maximum atomic E-state index is 13.3. The molecule has 2 N–H and O–H groups in total. The van der Waals surface area contributed by atoms with Crippen LogP contribution in [0.2, 0.25) is 0 Å². The van der Waals surface area contributed by atoms with E-state index in [1.807, 2.05) is 48.5 Å². The van der Waals surface area contributed by atoms with Crippen molar-refractivity contribution < 1.29 is 4.79 Å². The van der Waals surface area contributed by atoms with Gasteiger partial charge in [-0.1, -0.05) is 112 Å². The zero-order valence-corrected chi connectivity index (χ0v) is 21.2. The molecule has 0 bridgehead atoms. The van der Waals surface area contributed by atoms with Gasteiger partial charge in [0.15, 0.2) is 0 Å². The molecule has 3 aromatic carbocycles. The topological polar surface area (TPSA) is 54.0 Å². The van der Waals surface area contributed by atoms with E-state index in [1.54, 1.807) is 0 Å². The maximum absolute atomic E-state index is 13.3. The van der Waals surface area contributed by atoms with Crippen LogP contribution in [-0.2, 0) is 0 Å². The lowest BCUT2D eigenvalue weighted by molar-refractivity contribution is 0.262. The minimum absolute atomic E-state index is 0.256. The SMILES string of the molecule is Cc1ccccc1-c1nc(-c2ccccc2)sc1NC(=O)Nc1c(C(C)C)cccc1C(C)C. The molecule has 4 aromatic rings. The summed E-state index contributed by atoms with van der Waals surface area (Å²) in [5.41, 5.74) is 7.12. The molecule has 0 aliphatic heterocycles. The van der Waals surface area contributed by atoms with E-state index in [2.05, 4.69) is 69.5 Å². The average molecular weight is 470 g/mol. The summed E-state index contributed by atoms with van der Waals surface area (Å²) in [7, 11) is 0. The lowest BCUT2D eigenvalue weighted by Crippen LogP contribution is -2.21. The van der Waals surface area contributed by atoms with E-state index in [0.29, 0.717) is 11.8 Å². The number of hydrogen-bond acceptors (Lipinski definition) is 3. The molecule has 0 fully saturated rings. The normalized spacial score (nSPS) is 11.1. The van der Waals surface area contributed by atoms with E-state index in [9.17, 15) is 4.79 Å². The lowest BCUT2D eigenvalue weighted by Gasteiger charge is -2.20. The van der Waals surface area contributed by atoms with Gasteiger partial charge in [-0.2, -0.15) is 0 Å². The van der Waals surface area contributed by atoms with Crippen LogP contribution >= 0.6 is 11.3 Å². The summed E-state index contributed by atoms with van der Waals surface area (Å²) >= 11 is 1.49. The zero-order valence-electron chi connectivity index (χ0n) is 20.3. The highest BCUT2D eigenvalue weighted by Gasteiger charge is 2.20. The molecule has 0 unspecified atom stereocenters. The molecule has 2 amide bonds. The van der Waals surface area contributed by atoms with Gasteiger partial charge in [0.05, 0.1) is 0 Å². The zero-order chi connectivity index (χ0) is 24.2. The molecular weight excluding hydrogens is 438 g/mol. The Bertz CT molecular complexity index is 1270. The fourth-order valence-corrected chi connectivity index (χ4v) is 5.05. The van der Waals surface area contributed by atoms with Gasteiger partial charge in [-0.15, -0.1) is 0 Å². The molecule has 0 aliphatic rings. The second-order valence-electron chi connectivity index (χ2n) is 9.08. The van der Waals surface area contributed by atoms with Crippen LogP contribution in [0.5, 0.6) is 0 Å². The number of carbonyl (C=O) groups is 1. The van der Waals surface area contributed by atoms with E-state index < -0.39 is 0 Å². The molecule has 5 heteroatoms. The van der Waals surface area contributed by atoms with E-state index in [4.69, 9.17) is 4.98 Å². The van der Waals surface area contributed by atoms with Gasteiger partial charge in [0.25, 0.3) is 0 Å². The van der Waals surface area contributed by atoms with Gasteiger partial charge < -0.3 is 5.32 Å². The molecule has 1 aromatic heterocycles. The summed E-state index contributed by atoms with van der Waals surface area (Å²) < 4.78 is 0. The van der Waals surface area contributed by atoms with Crippen molar-refractivity contribution in [3.63, 3.8) is 0 Å². The summed E-state index contributed by atoms with van der Waals surface area (Å²) in [6.07, 6.45) is 0. The van der Waals surface area contributed by atoms with Crippen molar-refractivity contribution in [1.29, 1.82) is 0 Å². The predicted octanol–water partition coefficient (Wildman–Crippen LogP) is 8.68. The van der Waals surface area contributed by atoms with Crippen molar-refractivity contribution in [2.75, 3.05) is 10.6 Å². The van der Waals surface area contributed by atoms with Crippen LogP contribution < -0.4 is 10.6 Å². The number of aryl methyl sites for hydroxylation is 1. The van der Waals surface area contributed by atoms with Crippen LogP contribution in [0.25, 0.3) is 21.8 Å². The summed E-state index contributed by atoms with van der Waals surface area (Å²) in [5.74, 6) is 0.592. The molecule has 4 rings (SSSR count). The molecule has 34 heavy (non-hydrogen) atoms. The summed E-state index contributed by atoms with van der Waals surface area (Å²) in [4.78, 5) is 18.2. The molecule has 0 atom stereocenters. The number of anilines is 2. The van der Waals surface area contributed by atoms with Gasteiger partial charge >= 0.3 is 6.03 Å². The Morgan fingerprint density at radius 2 is 1.41 bits per heavy atom. The van der Waals surface area contributed by atoms with Crippen molar-refractivity contribution in [3.8, 4) is 21.8 Å². The van der Waals surface area contributed by atoms with Gasteiger partial charge in [-0.05, 0) is 35.4 Å². The quantitative estimate of drug-likeness (QED) is 0.297. The molecule has 0 spiro atoms. The van der Waals surface area contributed by atoms with Gasteiger partial charge in [-0.25, -0.2) is 9.78 Å². The van der Waals surface area contributed by atoms with Crippen LogP contribution in [-0.4, -0.2) is 11.0 Å².